The number of aryl methyl sites for hydroxylation is 3. The predicted octanol–water partition coefficient (Wildman–Crippen LogP) is 2.06. The van der Waals surface area contributed by atoms with Crippen molar-refractivity contribution in [2.24, 2.45) is 0 Å². The van der Waals surface area contributed by atoms with E-state index in [1.54, 1.807) is 18.3 Å². The van der Waals surface area contributed by atoms with Crippen molar-refractivity contribution in [2.75, 3.05) is 5.32 Å². The Balaban J connectivity index is 2.01. The van der Waals surface area contributed by atoms with Gasteiger partial charge in [0, 0.05) is 4.88 Å². The van der Waals surface area contributed by atoms with Crippen molar-refractivity contribution >= 4 is 17.4 Å². The summed E-state index contributed by atoms with van der Waals surface area (Å²) in [5.74, 6) is 0.634. The van der Waals surface area contributed by atoms with Gasteiger partial charge < -0.3 is 9.84 Å². The van der Waals surface area contributed by atoms with Crippen molar-refractivity contribution in [1.29, 1.82) is 0 Å². The molecule has 0 aliphatic carbocycles. The highest BCUT2D eigenvalue weighted by atomic mass is 32.1. The summed E-state index contributed by atoms with van der Waals surface area (Å²) in [5, 5.41) is 7.84. The molecule has 1 N–H and O–H groups in total. The van der Waals surface area contributed by atoms with E-state index >= 15 is 0 Å². The van der Waals surface area contributed by atoms with Crippen LogP contribution in [0.3, 0.4) is 0 Å². The van der Waals surface area contributed by atoms with Gasteiger partial charge in [-0.15, -0.1) is 11.3 Å². The summed E-state index contributed by atoms with van der Waals surface area (Å²) in [4.78, 5) is 9.60. The minimum absolute atomic E-state index is 0.456. The van der Waals surface area contributed by atoms with E-state index in [1.807, 2.05) is 13.8 Å². The molecule has 0 atom stereocenters. The number of nitrogens with zero attached hydrogens (tertiary/aromatic N) is 3. The maximum Gasteiger partial charge on any atom is 0.321 e. The summed E-state index contributed by atoms with van der Waals surface area (Å²) >= 11 is 1.68. The Labute approximate surface area is 91.5 Å². The van der Waals surface area contributed by atoms with Crippen LogP contribution in [0.15, 0.2) is 4.52 Å². The highest BCUT2D eigenvalue weighted by Gasteiger charge is 2.06. The zero-order valence-corrected chi connectivity index (χ0v) is 9.68. The molecule has 0 fully saturated rings. The molecule has 2 heterocycles. The largest absolute Gasteiger partial charge is 0.333 e. The fraction of sp³-hybridized carbons (Fsp3) is 0.444. The molecular weight excluding hydrogens is 212 g/mol. The van der Waals surface area contributed by atoms with Crippen molar-refractivity contribution in [1.82, 2.24) is 15.1 Å². The second-order valence-corrected chi connectivity index (χ2v) is 4.53. The fourth-order valence-electron chi connectivity index (χ4n) is 1.26. The molecule has 0 saturated heterocycles. The maximum absolute atomic E-state index is 4.94. The molecule has 0 radical (unpaired) electrons. The van der Waals surface area contributed by atoms with E-state index in [9.17, 15) is 0 Å². The van der Waals surface area contributed by atoms with Crippen LogP contribution in [-0.4, -0.2) is 15.1 Å². The van der Waals surface area contributed by atoms with Crippen LogP contribution in [0, 0.1) is 20.8 Å². The number of hydrogen-bond acceptors (Lipinski definition) is 6. The first-order chi connectivity index (χ1) is 7.15. The molecule has 0 aliphatic heterocycles. The molecule has 0 amide bonds. The summed E-state index contributed by atoms with van der Waals surface area (Å²) in [6.07, 6.45) is 0. The second-order valence-electron chi connectivity index (χ2n) is 3.24. The van der Waals surface area contributed by atoms with Gasteiger partial charge in [0.2, 0.25) is 0 Å². The van der Waals surface area contributed by atoms with Crippen LogP contribution in [0.4, 0.5) is 6.01 Å². The lowest BCUT2D eigenvalue weighted by Crippen LogP contribution is -1.99. The van der Waals surface area contributed by atoms with Gasteiger partial charge in [-0.25, -0.2) is 4.98 Å². The molecule has 2 rings (SSSR count). The number of hydrogen-bond donors (Lipinski definition) is 1. The Morgan fingerprint density at radius 3 is 2.60 bits per heavy atom. The van der Waals surface area contributed by atoms with Gasteiger partial charge in [0.05, 0.1) is 17.2 Å². The summed E-state index contributed by atoms with van der Waals surface area (Å²) in [6, 6.07) is 0.456. The molecule has 0 aliphatic rings. The van der Waals surface area contributed by atoms with Crippen LogP contribution in [0.25, 0.3) is 0 Å². The Hall–Kier alpha value is -1.43. The molecule has 2 aromatic rings. The average Bonchev–Trinajstić information content (AvgIpc) is 2.70. The quantitative estimate of drug-likeness (QED) is 0.864. The van der Waals surface area contributed by atoms with Gasteiger partial charge in [0.15, 0.2) is 5.82 Å². The van der Waals surface area contributed by atoms with Crippen LogP contribution >= 0.6 is 11.3 Å². The zero-order chi connectivity index (χ0) is 10.8. The predicted molar refractivity (Wildman–Crippen MR) is 57.9 cm³/mol. The van der Waals surface area contributed by atoms with Crippen molar-refractivity contribution in [2.45, 2.75) is 27.3 Å². The minimum Gasteiger partial charge on any atom is -0.333 e. The van der Waals surface area contributed by atoms with Crippen molar-refractivity contribution in [3.8, 4) is 0 Å². The van der Waals surface area contributed by atoms with E-state index < -0.39 is 0 Å². The lowest BCUT2D eigenvalue weighted by atomic mass is 10.4. The normalized spacial score (nSPS) is 10.6. The number of aromatic nitrogens is 3. The third kappa shape index (κ3) is 2.33. The van der Waals surface area contributed by atoms with Crippen molar-refractivity contribution < 1.29 is 4.52 Å². The van der Waals surface area contributed by atoms with Crippen LogP contribution in [0.5, 0.6) is 0 Å². The van der Waals surface area contributed by atoms with Crippen LogP contribution in [-0.2, 0) is 6.54 Å². The third-order valence-corrected chi connectivity index (χ3v) is 3.00. The molecule has 2 aromatic heterocycles. The molecule has 5 nitrogen and oxygen atoms in total. The molecule has 0 saturated carbocycles. The average molecular weight is 224 g/mol. The van der Waals surface area contributed by atoms with Crippen molar-refractivity contribution in [3.05, 3.63) is 21.4 Å². The Morgan fingerprint density at radius 1 is 1.27 bits per heavy atom. The lowest BCUT2D eigenvalue weighted by Gasteiger charge is -1.97. The van der Waals surface area contributed by atoms with Gasteiger partial charge in [-0.05, 0) is 20.8 Å². The summed E-state index contributed by atoms with van der Waals surface area (Å²) in [5.41, 5.74) is 1.06. The van der Waals surface area contributed by atoms with E-state index in [4.69, 9.17) is 4.52 Å². The first-order valence-electron chi connectivity index (χ1n) is 4.62. The van der Waals surface area contributed by atoms with Crippen molar-refractivity contribution in [3.63, 3.8) is 0 Å². The smallest absolute Gasteiger partial charge is 0.321 e. The molecule has 0 unspecified atom stereocenters. The molecule has 80 valence electrons. The Kier molecular flexibility index (Phi) is 2.68. The second kappa shape index (κ2) is 3.98. The third-order valence-electron chi connectivity index (χ3n) is 1.93. The summed E-state index contributed by atoms with van der Waals surface area (Å²) < 4.78 is 4.94. The first kappa shape index (κ1) is 10.1. The minimum atomic E-state index is 0.456. The van der Waals surface area contributed by atoms with Gasteiger partial charge in [0.1, 0.15) is 0 Å². The van der Waals surface area contributed by atoms with E-state index in [0.717, 1.165) is 10.7 Å². The van der Waals surface area contributed by atoms with Gasteiger partial charge >= 0.3 is 6.01 Å². The van der Waals surface area contributed by atoms with Crippen LogP contribution in [0.2, 0.25) is 0 Å². The fourth-order valence-corrected chi connectivity index (χ4v) is 2.14. The van der Waals surface area contributed by atoms with Gasteiger partial charge in [-0.1, -0.05) is 5.16 Å². The number of rotatable bonds is 3. The maximum atomic E-state index is 4.94. The lowest BCUT2D eigenvalue weighted by molar-refractivity contribution is 0.425. The molecule has 6 heteroatoms. The highest BCUT2D eigenvalue weighted by Crippen LogP contribution is 2.18. The number of nitrogens with one attached hydrogen (secondary N) is 1. The van der Waals surface area contributed by atoms with Gasteiger partial charge in [-0.2, -0.15) is 4.98 Å². The Bertz CT molecular complexity index is 462. The highest BCUT2D eigenvalue weighted by molar-refractivity contribution is 7.11. The standard InChI is InChI=1S/C9H12N4OS/c1-5-8(15-7(3)11-5)4-10-9-12-6(2)13-14-9/h4H2,1-3H3,(H,10,12,13). The first-order valence-corrected chi connectivity index (χ1v) is 5.44. The van der Waals surface area contributed by atoms with E-state index in [0.29, 0.717) is 18.4 Å². The monoisotopic (exact) mass is 224 g/mol. The van der Waals surface area contributed by atoms with Gasteiger partial charge in [0.25, 0.3) is 0 Å². The summed E-state index contributed by atoms with van der Waals surface area (Å²) in [6.45, 7) is 6.47. The van der Waals surface area contributed by atoms with E-state index in [2.05, 4.69) is 20.4 Å². The molecule has 0 spiro atoms. The SMILES string of the molecule is Cc1noc(NCc2sc(C)nc2C)n1. The molecular formula is C9H12N4OS. The number of anilines is 1. The van der Waals surface area contributed by atoms with Gasteiger partial charge in [-0.3, -0.25) is 0 Å². The Morgan fingerprint density at radius 2 is 2.07 bits per heavy atom. The van der Waals surface area contributed by atoms with E-state index in [-0.39, 0.29) is 0 Å². The molecule has 15 heavy (non-hydrogen) atoms. The summed E-state index contributed by atoms with van der Waals surface area (Å²) in [7, 11) is 0. The zero-order valence-electron chi connectivity index (χ0n) is 8.87. The topological polar surface area (TPSA) is 63.8 Å². The molecule has 0 bridgehead atoms. The van der Waals surface area contributed by atoms with E-state index in [1.165, 1.54) is 4.88 Å². The molecule has 0 aromatic carbocycles. The van der Waals surface area contributed by atoms with Crippen LogP contribution < -0.4 is 5.32 Å². The van der Waals surface area contributed by atoms with Crippen LogP contribution in [0.1, 0.15) is 21.4 Å². The number of thiazole rings is 1.